The Labute approximate surface area is 138 Å². The molecule has 0 spiro atoms. The first-order valence-corrected chi connectivity index (χ1v) is 7.49. The lowest BCUT2D eigenvalue weighted by Crippen LogP contribution is -2.27. The first-order chi connectivity index (χ1) is 9.79. The molecule has 0 aliphatic rings. The zero-order chi connectivity index (χ0) is 15.6. The third kappa shape index (κ3) is 3.94. The smallest absolute Gasteiger partial charge is 0.276 e. The standard InChI is InChI=1S/C15H14Cl3NO2/c1-9(2)21-13-8-7-12(19-14(20)15(16,17)18)10-5-3-4-6-11(10)13/h3-9H,1-2H3,(H,19,20). The molecular weight excluding hydrogens is 333 g/mol. The van der Waals surface area contributed by atoms with Gasteiger partial charge >= 0.3 is 0 Å². The van der Waals surface area contributed by atoms with E-state index in [0.717, 1.165) is 16.5 Å². The number of carbonyl (C=O) groups excluding carboxylic acids is 1. The van der Waals surface area contributed by atoms with Crippen LogP contribution in [0.3, 0.4) is 0 Å². The average Bonchev–Trinajstić information content (AvgIpc) is 2.40. The van der Waals surface area contributed by atoms with Crippen LogP contribution in [-0.4, -0.2) is 15.8 Å². The van der Waals surface area contributed by atoms with Crippen LogP contribution in [0.1, 0.15) is 13.8 Å². The highest BCUT2D eigenvalue weighted by molar-refractivity contribution is 6.76. The van der Waals surface area contributed by atoms with E-state index in [-0.39, 0.29) is 6.10 Å². The van der Waals surface area contributed by atoms with Gasteiger partial charge in [0, 0.05) is 16.5 Å². The molecule has 0 saturated carbocycles. The largest absolute Gasteiger partial charge is 0.490 e. The highest BCUT2D eigenvalue weighted by Gasteiger charge is 2.31. The molecule has 21 heavy (non-hydrogen) atoms. The SMILES string of the molecule is CC(C)Oc1ccc(NC(=O)C(Cl)(Cl)Cl)c2ccccc12. The molecule has 0 saturated heterocycles. The van der Waals surface area contributed by atoms with Crippen molar-refractivity contribution in [1.82, 2.24) is 0 Å². The molecule has 6 heteroatoms. The second-order valence-electron chi connectivity index (χ2n) is 4.78. The Balaban J connectivity index is 2.45. The Hall–Kier alpha value is -1.16. The van der Waals surface area contributed by atoms with Crippen molar-refractivity contribution in [1.29, 1.82) is 0 Å². The van der Waals surface area contributed by atoms with Gasteiger partial charge < -0.3 is 10.1 Å². The lowest BCUT2D eigenvalue weighted by molar-refractivity contribution is -0.115. The summed E-state index contributed by atoms with van der Waals surface area (Å²) in [5, 5.41) is 4.32. The van der Waals surface area contributed by atoms with Crippen molar-refractivity contribution < 1.29 is 9.53 Å². The summed E-state index contributed by atoms with van der Waals surface area (Å²) < 4.78 is 3.76. The second kappa shape index (κ2) is 6.30. The van der Waals surface area contributed by atoms with Crippen LogP contribution in [-0.2, 0) is 4.79 Å². The van der Waals surface area contributed by atoms with Crippen LogP contribution in [0.4, 0.5) is 5.69 Å². The van der Waals surface area contributed by atoms with Gasteiger partial charge in [0.2, 0.25) is 0 Å². The number of benzene rings is 2. The molecule has 0 atom stereocenters. The molecular formula is C15H14Cl3NO2. The van der Waals surface area contributed by atoms with Gasteiger partial charge in [-0.15, -0.1) is 0 Å². The van der Waals surface area contributed by atoms with Gasteiger partial charge in [0.15, 0.2) is 0 Å². The molecule has 1 amide bonds. The van der Waals surface area contributed by atoms with E-state index in [2.05, 4.69) is 5.32 Å². The quantitative estimate of drug-likeness (QED) is 0.800. The maximum atomic E-state index is 11.8. The number of hydrogen-bond acceptors (Lipinski definition) is 2. The van der Waals surface area contributed by atoms with Gasteiger partial charge in [0.25, 0.3) is 9.70 Å². The van der Waals surface area contributed by atoms with Crippen LogP contribution in [0.15, 0.2) is 36.4 Å². The summed E-state index contributed by atoms with van der Waals surface area (Å²) in [6, 6.07) is 11.1. The summed E-state index contributed by atoms with van der Waals surface area (Å²) >= 11 is 16.7. The minimum absolute atomic E-state index is 0.0509. The molecule has 2 rings (SSSR count). The van der Waals surface area contributed by atoms with Crippen molar-refractivity contribution in [3.05, 3.63) is 36.4 Å². The summed E-state index contributed by atoms with van der Waals surface area (Å²) in [5.41, 5.74) is 0.568. The highest BCUT2D eigenvalue weighted by Crippen LogP contribution is 2.34. The molecule has 0 heterocycles. The molecule has 2 aromatic rings. The Morgan fingerprint density at radius 2 is 1.71 bits per heavy atom. The molecule has 0 aliphatic carbocycles. The lowest BCUT2D eigenvalue weighted by Gasteiger charge is -2.16. The van der Waals surface area contributed by atoms with Crippen molar-refractivity contribution in [2.75, 3.05) is 5.32 Å². The van der Waals surface area contributed by atoms with Crippen molar-refractivity contribution in [3.63, 3.8) is 0 Å². The van der Waals surface area contributed by atoms with Crippen molar-refractivity contribution in [3.8, 4) is 5.75 Å². The van der Waals surface area contributed by atoms with Crippen molar-refractivity contribution >= 4 is 57.2 Å². The minimum Gasteiger partial charge on any atom is -0.490 e. The fraction of sp³-hybridized carbons (Fsp3) is 0.267. The van der Waals surface area contributed by atoms with E-state index in [1.165, 1.54) is 0 Å². The number of rotatable bonds is 3. The predicted octanol–water partition coefficient (Wildman–Crippen LogP) is 4.94. The topological polar surface area (TPSA) is 38.3 Å². The number of alkyl halides is 3. The predicted molar refractivity (Wildman–Crippen MR) is 88.6 cm³/mol. The summed E-state index contributed by atoms with van der Waals surface area (Å²) in [7, 11) is 0. The molecule has 2 aromatic carbocycles. The van der Waals surface area contributed by atoms with Gasteiger partial charge in [-0.25, -0.2) is 0 Å². The van der Waals surface area contributed by atoms with Crippen LogP contribution in [0, 0.1) is 0 Å². The Kier molecular flexibility index (Phi) is 4.87. The molecule has 0 radical (unpaired) electrons. The number of hydrogen-bond donors (Lipinski definition) is 1. The third-order valence-corrected chi connectivity index (χ3v) is 3.27. The summed E-state index contributed by atoms with van der Waals surface area (Å²) in [6.07, 6.45) is 0.0509. The third-order valence-electron chi connectivity index (χ3n) is 2.75. The zero-order valence-corrected chi connectivity index (χ0v) is 13.8. The number of anilines is 1. The van der Waals surface area contributed by atoms with Crippen LogP contribution in [0.5, 0.6) is 5.75 Å². The maximum Gasteiger partial charge on any atom is 0.276 e. The normalized spacial score (nSPS) is 11.7. The molecule has 0 unspecified atom stereocenters. The van der Waals surface area contributed by atoms with Crippen LogP contribution < -0.4 is 10.1 Å². The number of ether oxygens (including phenoxy) is 1. The zero-order valence-electron chi connectivity index (χ0n) is 11.5. The van der Waals surface area contributed by atoms with Gasteiger partial charge in [-0.3, -0.25) is 4.79 Å². The molecule has 112 valence electrons. The Morgan fingerprint density at radius 3 is 2.29 bits per heavy atom. The number of amides is 1. The van der Waals surface area contributed by atoms with Gasteiger partial charge in [-0.05, 0) is 26.0 Å². The number of halogens is 3. The molecule has 0 aliphatic heterocycles. The lowest BCUT2D eigenvalue weighted by atomic mass is 10.1. The monoisotopic (exact) mass is 345 g/mol. The summed E-state index contributed by atoms with van der Waals surface area (Å²) in [4.78, 5) is 11.8. The number of fused-ring (bicyclic) bond motifs is 1. The molecule has 0 aromatic heterocycles. The maximum absolute atomic E-state index is 11.8. The van der Waals surface area contributed by atoms with E-state index < -0.39 is 9.70 Å². The van der Waals surface area contributed by atoms with E-state index >= 15 is 0 Å². The van der Waals surface area contributed by atoms with Crippen molar-refractivity contribution in [2.45, 2.75) is 23.7 Å². The fourth-order valence-electron chi connectivity index (χ4n) is 1.93. The highest BCUT2D eigenvalue weighted by atomic mass is 35.6. The Morgan fingerprint density at radius 1 is 1.10 bits per heavy atom. The van der Waals surface area contributed by atoms with E-state index in [9.17, 15) is 4.79 Å². The fourth-order valence-corrected chi connectivity index (χ4v) is 2.07. The van der Waals surface area contributed by atoms with E-state index in [1.54, 1.807) is 12.1 Å². The molecule has 0 bridgehead atoms. The van der Waals surface area contributed by atoms with E-state index in [4.69, 9.17) is 39.5 Å². The first-order valence-electron chi connectivity index (χ1n) is 6.35. The van der Waals surface area contributed by atoms with Gasteiger partial charge in [0.05, 0.1) is 6.10 Å². The van der Waals surface area contributed by atoms with Crippen LogP contribution in [0.25, 0.3) is 10.8 Å². The molecule has 1 N–H and O–H groups in total. The first kappa shape index (κ1) is 16.2. The summed E-state index contributed by atoms with van der Waals surface area (Å²) in [6.45, 7) is 3.90. The van der Waals surface area contributed by atoms with Crippen LogP contribution >= 0.6 is 34.8 Å². The van der Waals surface area contributed by atoms with Gasteiger partial charge in [-0.2, -0.15) is 0 Å². The van der Waals surface area contributed by atoms with E-state index in [1.807, 2.05) is 38.1 Å². The van der Waals surface area contributed by atoms with Crippen LogP contribution in [0.2, 0.25) is 0 Å². The second-order valence-corrected chi connectivity index (χ2v) is 7.06. The number of nitrogens with one attached hydrogen (secondary N) is 1. The molecule has 0 fully saturated rings. The van der Waals surface area contributed by atoms with Crippen molar-refractivity contribution in [2.24, 2.45) is 0 Å². The van der Waals surface area contributed by atoms with E-state index in [0.29, 0.717) is 5.69 Å². The Bertz CT molecular complexity index is 666. The summed E-state index contributed by atoms with van der Waals surface area (Å²) in [5.74, 6) is 0.0441. The average molecular weight is 347 g/mol. The molecule has 3 nitrogen and oxygen atoms in total. The number of carbonyl (C=O) groups is 1. The minimum atomic E-state index is -2.01. The van der Waals surface area contributed by atoms with Gasteiger partial charge in [-0.1, -0.05) is 59.1 Å². The van der Waals surface area contributed by atoms with Gasteiger partial charge in [0.1, 0.15) is 5.75 Å².